The molecule has 0 aliphatic heterocycles. The van der Waals surface area contributed by atoms with Gasteiger partial charge in [-0.2, -0.15) is 0 Å². The third-order valence-corrected chi connectivity index (χ3v) is 5.07. The van der Waals surface area contributed by atoms with Gasteiger partial charge in [0.05, 0.1) is 16.1 Å². The van der Waals surface area contributed by atoms with Gasteiger partial charge in [-0.15, -0.1) is 0 Å². The zero-order valence-corrected chi connectivity index (χ0v) is 20.4. The Kier molecular flexibility index (Phi) is 10.3. The minimum atomic E-state index is -0.461. The van der Waals surface area contributed by atoms with E-state index in [1.165, 1.54) is 0 Å². The topological polar surface area (TPSA) is 88.7 Å². The molecule has 0 spiro atoms. The molecule has 0 heterocycles. The molecular weight excluding hydrogens is 529 g/mol. The summed E-state index contributed by atoms with van der Waals surface area (Å²) < 4.78 is 11.7. The predicted octanol–water partition coefficient (Wildman–Crippen LogP) is 4.32. The van der Waals surface area contributed by atoms with Crippen LogP contribution in [0.1, 0.15) is 18.4 Å². The third kappa shape index (κ3) is 9.30. The molecule has 166 valence electrons. The molecule has 0 unspecified atom stereocenters. The van der Waals surface area contributed by atoms with Crippen LogP contribution in [0.4, 0.5) is 0 Å². The standard InChI is InChI=1S/C20H20BrCl2N3O4S/c1-12-4-6-16(14(21)9-12)30-11-19(28)25-26-20(31)24-18(27)3-2-8-29-17-7-5-13(22)10-15(17)23/h4-7,9-10H,2-3,8,11H2,1H3,(H,25,28)(H2,24,26,27,31). The summed E-state index contributed by atoms with van der Waals surface area (Å²) in [5, 5.41) is 3.34. The lowest BCUT2D eigenvalue weighted by atomic mass is 10.2. The minimum absolute atomic E-state index is 0.0310. The maximum Gasteiger partial charge on any atom is 0.276 e. The Bertz CT molecular complexity index is 962. The number of nitrogens with one attached hydrogen (secondary N) is 3. The number of ether oxygens (including phenoxy) is 2. The lowest BCUT2D eigenvalue weighted by molar-refractivity contribution is -0.124. The highest BCUT2D eigenvalue weighted by Crippen LogP contribution is 2.27. The zero-order valence-electron chi connectivity index (χ0n) is 16.5. The molecule has 0 saturated carbocycles. The number of amides is 2. The van der Waals surface area contributed by atoms with Crippen LogP contribution in [0, 0.1) is 6.92 Å². The van der Waals surface area contributed by atoms with Gasteiger partial charge in [-0.1, -0.05) is 29.3 Å². The van der Waals surface area contributed by atoms with Crippen LogP contribution < -0.4 is 25.6 Å². The van der Waals surface area contributed by atoms with Gasteiger partial charge in [0.15, 0.2) is 11.7 Å². The number of rotatable bonds is 8. The monoisotopic (exact) mass is 547 g/mol. The first kappa shape index (κ1) is 25.2. The van der Waals surface area contributed by atoms with E-state index in [0.717, 1.165) is 10.0 Å². The number of carbonyl (C=O) groups excluding carboxylic acids is 2. The van der Waals surface area contributed by atoms with Crippen molar-refractivity contribution in [3.05, 3.63) is 56.5 Å². The molecule has 2 aromatic rings. The molecule has 3 N–H and O–H groups in total. The number of aryl methyl sites for hydroxylation is 1. The van der Waals surface area contributed by atoms with Crippen molar-refractivity contribution in [1.82, 2.24) is 16.2 Å². The van der Waals surface area contributed by atoms with E-state index in [0.29, 0.717) is 28.0 Å². The fraction of sp³-hybridized carbons (Fsp3) is 0.250. The molecule has 0 atom stereocenters. The molecule has 0 aliphatic carbocycles. The summed E-state index contributed by atoms with van der Waals surface area (Å²) in [7, 11) is 0. The number of benzene rings is 2. The lowest BCUT2D eigenvalue weighted by Gasteiger charge is -2.12. The highest BCUT2D eigenvalue weighted by Gasteiger charge is 2.09. The Labute approximate surface area is 203 Å². The zero-order chi connectivity index (χ0) is 22.8. The van der Waals surface area contributed by atoms with Crippen LogP contribution >= 0.6 is 51.3 Å². The van der Waals surface area contributed by atoms with E-state index in [-0.39, 0.29) is 30.7 Å². The first-order chi connectivity index (χ1) is 14.7. The van der Waals surface area contributed by atoms with Gasteiger partial charge in [-0.3, -0.25) is 20.4 Å². The molecular formula is C20H20BrCl2N3O4S. The highest BCUT2D eigenvalue weighted by molar-refractivity contribution is 9.10. The number of hydrogen-bond acceptors (Lipinski definition) is 5. The normalized spacial score (nSPS) is 10.2. The summed E-state index contributed by atoms with van der Waals surface area (Å²) in [6.45, 7) is 2.01. The fourth-order valence-electron chi connectivity index (χ4n) is 2.26. The molecule has 11 heteroatoms. The van der Waals surface area contributed by atoms with E-state index < -0.39 is 5.91 Å². The predicted molar refractivity (Wildman–Crippen MR) is 128 cm³/mol. The second kappa shape index (κ2) is 12.7. The second-order valence-corrected chi connectivity index (χ2v) is 8.41. The summed E-state index contributed by atoms with van der Waals surface area (Å²) in [5.41, 5.74) is 5.86. The van der Waals surface area contributed by atoms with Crippen molar-refractivity contribution in [2.24, 2.45) is 0 Å². The van der Waals surface area contributed by atoms with Crippen LogP contribution in [0.3, 0.4) is 0 Å². The van der Waals surface area contributed by atoms with Gasteiger partial charge < -0.3 is 14.8 Å². The number of halogens is 3. The largest absolute Gasteiger partial charge is 0.492 e. The summed E-state index contributed by atoms with van der Waals surface area (Å²) >= 11 is 20.2. The number of carbonyl (C=O) groups is 2. The third-order valence-electron chi connectivity index (χ3n) is 3.71. The molecule has 2 aromatic carbocycles. The highest BCUT2D eigenvalue weighted by atomic mass is 79.9. The Morgan fingerprint density at radius 1 is 1.03 bits per heavy atom. The van der Waals surface area contributed by atoms with Gasteiger partial charge in [0, 0.05) is 11.4 Å². The van der Waals surface area contributed by atoms with E-state index in [2.05, 4.69) is 32.1 Å². The first-order valence-corrected chi connectivity index (χ1v) is 11.1. The van der Waals surface area contributed by atoms with Crippen LogP contribution in [0.15, 0.2) is 40.9 Å². The molecule has 2 amide bonds. The maximum absolute atomic E-state index is 11.9. The molecule has 7 nitrogen and oxygen atoms in total. The Morgan fingerprint density at radius 3 is 2.48 bits per heavy atom. The van der Waals surface area contributed by atoms with Gasteiger partial charge >= 0.3 is 0 Å². The average molecular weight is 549 g/mol. The minimum Gasteiger partial charge on any atom is -0.492 e. The van der Waals surface area contributed by atoms with E-state index >= 15 is 0 Å². The van der Waals surface area contributed by atoms with Crippen molar-refractivity contribution in [2.75, 3.05) is 13.2 Å². The summed E-state index contributed by atoms with van der Waals surface area (Å²) in [5.74, 6) is 0.250. The maximum atomic E-state index is 11.9. The van der Waals surface area contributed by atoms with Gasteiger partial charge in [0.2, 0.25) is 5.91 Å². The first-order valence-electron chi connectivity index (χ1n) is 9.10. The lowest BCUT2D eigenvalue weighted by Crippen LogP contribution is -2.49. The van der Waals surface area contributed by atoms with E-state index in [1.54, 1.807) is 24.3 Å². The van der Waals surface area contributed by atoms with Crippen molar-refractivity contribution < 1.29 is 19.1 Å². The smallest absolute Gasteiger partial charge is 0.276 e. The Balaban J connectivity index is 1.60. The molecule has 0 aliphatic rings. The van der Waals surface area contributed by atoms with Crippen molar-refractivity contribution in [2.45, 2.75) is 19.8 Å². The van der Waals surface area contributed by atoms with Gasteiger partial charge in [0.25, 0.3) is 5.91 Å². The van der Waals surface area contributed by atoms with Crippen LogP contribution in [-0.2, 0) is 9.59 Å². The molecule has 0 radical (unpaired) electrons. The number of hydrazine groups is 1. The molecule has 0 bridgehead atoms. The number of thiocarbonyl (C=S) groups is 1. The SMILES string of the molecule is Cc1ccc(OCC(=O)NNC(=S)NC(=O)CCCOc2ccc(Cl)cc2Cl)c(Br)c1. The van der Waals surface area contributed by atoms with E-state index in [1.807, 2.05) is 19.1 Å². The molecule has 2 rings (SSSR count). The van der Waals surface area contributed by atoms with Gasteiger partial charge in [-0.05, 0) is 77.4 Å². The summed E-state index contributed by atoms with van der Waals surface area (Å²) in [6.07, 6.45) is 0.616. The fourth-order valence-corrected chi connectivity index (χ4v) is 3.49. The van der Waals surface area contributed by atoms with Crippen LogP contribution in [0.5, 0.6) is 11.5 Å². The molecule has 31 heavy (non-hydrogen) atoms. The van der Waals surface area contributed by atoms with Gasteiger partial charge in [0.1, 0.15) is 11.5 Å². The Morgan fingerprint density at radius 2 is 1.77 bits per heavy atom. The second-order valence-electron chi connectivity index (χ2n) is 6.30. The van der Waals surface area contributed by atoms with E-state index in [9.17, 15) is 9.59 Å². The van der Waals surface area contributed by atoms with E-state index in [4.69, 9.17) is 44.9 Å². The number of hydrogen-bond donors (Lipinski definition) is 3. The van der Waals surface area contributed by atoms with Crippen LogP contribution in [-0.4, -0.2) is 30.1 Å². The Hall–Kier alpha value is -2.07. The van der Waals surface area contributed by atoms with Gasteiger partial charge in [-0.25, -0.2) is 0 Å². The van der Waals surface area contributed by atoms with Crippen molar-refractivity contribution >= 4 is 68.3 Å². The van der Waals surface area contributed by atoms with Crippen molar-refractivity contribution in [1.29, 1.82) is 0 Å². The quantitative estimate of drug-likeness (QED) is 0.258. The van der Waals surface area contributed by atoms with Crippen molar-refractivity contribution in [3.63, 3.8) is 0 Å². The van der Waals surface area contributed by atoms with Crippen molar-refractivity contribution in [3.8, 4) is 11.5 Å². The van der Waals surface area contributed by atoms with Crippen LogP contribution in [0.25, 0.3) is 0 Å². The molecule has 0 saturated heterocycles. The molecule has 0 aromatic heterocycles. The van der Waals surface area contributed by atoms with Crippen LogP contribution in [0.2, 0.25) is 10.0 Å². The average Bonchev–Trinajstić information content (AvgIpc) is 2.70. The summed E-state index contributed by atoms with van der Waals surface area (Å²) in [4.78, 5) is 23.8. The molecule has 0 fully saturated rings. The summed E-state index contributed by atoms with van der Waals surface area (Å²) in [6, 6.07) is 10.4.